The lowest BCUT2D eigenvalue weighted by Gasteiger charge is -2.13. The van der Waals surface area contributed by atoms with Crippen LogP contribution in [0.15, 0.2) is 34.4 Å². The van der Waals surface area contributed by atoms with Crippen molar-refractivity contribution in [3.63, 3.8) is 0 Å². The number of hydrogen-bond donors (Lipinski definition) is 1. The van der Waals surface area contributed by atoms with E-state index in [1.165, 1.54) is 13.2 Å². The van der Waals surface area contributed by atoms with Crippen molar-refractivity contribution in [3.05, 3.63) is 40.7 Å². The molecule has 1 aliphatic rings. The molecule has 124 valence electrons. The van der Waals surface area contributed by atoms with Gasteiger partial charge in [-0.05, 0) is 37.3 Å². The molecule has 0 radical (unpaired) electrons. The van der Waals surface area contributed by atoms with Crippen LogP contribution in [0.1, 0.15) is 28.8 Å². The molecule has 1 N–H and O–H groups in total. The number of halogens is 3. The van der Waals surface area contributed by atoms with E-state index in [1.54, 1.807) is 6.26 Å². The van der Waals surface area contributed by atoms with E-state index in [9.17, 15) is 18.0 Å². The molecule has 0 unspecified atom stereocenters. The van der Waals surface area contributed by atoms with Crippen LogP contribution in [0.25, 0.3) is 0 Å². The molecule has 1 aliphatic carbocycles. The standard InChI is InChI=1S/C16H16F3NO2S/c1-22-15(9-3-4-9)12(8-20)14(21)11-6-5-10(16(17,18)19)7-13(11)23-2/h5-9,20H,3-4H2,1-2H3/b15-12+,20-8?. The second-order valence-corrected chi connectivity index (χ2v) is 5.99. The molecule has 0 spiro atoms. The highest BCUT2D eigenvalue weighted by atomic mass is 32.2. The van der Waals surface area contributed by atoms with Gasteiger partial charge in [0.1, 0.15) is 5.76 Å². The quantitative estimate of drug-likeness (QED) is 0.271. The maximum atomic E-state index is 12.8. The van der Waals surface area contributed by atoms with Crippen molar-refractivity contribution in [1.82, 2.24) is 0 Å². The van der Waals surface area contributed by atoms with Crippen LogP contribution in [0.2, 0.25) is 0 Å². The van der Waals surface area contributed by atoms with Crippen LogP contribution in [0.3, 0.4) is 0 Å². The number of benzene rings is 1. The number of ketones is 1. The van der Waals surface area contributed by atoms with Crippen molar-refractivity contribution in [2.45, 2.75) is 23.9 Å². The largest absolute Gasteiger partial charge is 0.500 e. The summed E-state index contributed by atoms with van der Waals surface area (Å²) in [5.74, 6) is 0.0755. The summed E-state index contributed by atoms with van der Waals surface area (Å²) in [4.78, 5) is 12.9. The summed E-state index contributed by atoms with van der Waals surface area (Å²) in [6, 6.07) is 3.02. The Labute approximate surface area is 136 Å². The van der Waals surface area contributed by atoms with E-state index in [0.29, 0.717) is 5.76 Å². The fourth-order valence-electron chi connectivity index (χ4n) is 2.29. The van der Waals surface area contributed by atoms with Crippen LogP contribution in [-0.4, -0.2) is 25.4 Å². The van der Waals surface area contributed by atoms with Crippen LogP contribution in [0.4, 0.5) is 13.2 Å². The van der Waals surface area contributed by atoms with Gasteiger partial charge in [-0.1, -0.05) is 0 Å². The molecule has 0 aromatic heterocycles. The normalized spacial score (nSPS) is 15.9. The van der Waals surface area contributed by atoms with E-state index in [0.717, 1.165) is 43.0 Å². The lowest BCUT2D eigenvalue weighted by molar-refractivity contribution is -0.137. The van der Waals surface area contributed by atoms with Crippen molar-refractivity contribution in [2.24, 2.45) is 5.92 Å². The zero-order valence-electron chi connectivity index (χ0n) is 12.7. The minimum absolute atomic E-state index is 0.102. The summed E-state index contributed by atoms with van der Waals surface area (Å²) in [5, 5.41) is 7.49. The first-order valence-corrected chi connectivity index (χ1v) is 8.14. The Kier molecular flexibility index (Phi) is 5.19. The van der Waals surface area contributed by atoms with Gasteiger partial charge in [0.25, 0.3) is 0 Å². The first-order chi connectivity index (χ1) is 10.8. The first-order valence-electron chi connectivity index (χ1n) is 6.92. The molecule has 1 aromatic carbocycles. The molecular formula is C16H16F3NO2S. The van der Waals surface area contributed by atoms with Gasteiger partial charge in [0.15, 0.2) is 5.78 Å². The second kappa shape index (κ2) is 6.78. The molecule has 7 heteroatoms. The van der Waals surface area contributed by atoms with Crippen LogP contribution in [-0.2, 0) is 10.9 Å². The van der Waals surface area contributed by atoms with Gasteiger partial charge in [0.2, 0.25) is 0 Å². The highest BCUT2D eigenvalue weighted by Crippen LogP contribution is 2.39. The summed E-state index contributed by atoms with van der Waals surface area (Å²) < 4.78 is 43.6. The summed E-state index contributed by atoms with van der Waals surface area (Å²) in [6.07, 6.45) is -0.163. The number of carbonyl (C=O) groups is 1. The van der Waals surface area contributed by atoms with E-state index in [-0.39, 0.29) is 21.9 Å². The summed E-state index contributed by atoms with van der Waals surface area (Å²) in [6.45, 7) is 0. The van der Waals surface area contributed by atoms with E-state index in [1.807, 2.05) is 0 Å². The summed E-state index contributed by atoms with van der Waals surface area (Å²) in [5.41, 5.74) is -0.544. The van der Waals surface area contributed by atoms with Gasteiger partial charge in [0.05, 0.1) is 18.2 Å². The van der Waals surface area contributed by atoms with E-state index >= 15 is 0 Å². The Morgan fingerprint density at radius 2 is 2.04 bits per heavy atom. The van der Waals surface area contributed by atoms with Gasteiger partial charge < -0.3 is 10.1 Å². The number of alkyl halides is 3. The van der Waals surface area contributed by atoms with Gasteiger partial charge in [-0.2, -0.15) is 13.2 Å². The molecule has 0 bridgehead atoms. The Morgan fingerprint density at radius 3 is 2.48 bits per heavy atom. The van der Waals surface area contributed by atoms with Crippen molar-refractivity contribution in [1.29, 1.82) is 5.41 Å². The average molecular weight is 343 g/mol. The van der Waals surface area contributed by atoms with Crippen molar-refractivity contribution in [3.8, 4) is 0 Å². The first kappa shape index (κ1) is 17.6. The lowest BCUT2D eigenvalue weighted by atomic mass is 10.00. The minimum Gasteiger partial charge on any atom is -0.500 e. The van der Waals surface area contributed by atoms with Crippen molar-refractivity contribution in [2.75, 3.05) is 13.4 Å². The molecule has 0 heterocycles. The predicted molar refractivity (Wildman–Crippen MR) is 83.1 cm³/mol. The molecular weight excluding hydrogens is 327 g/mol. The van der Waals surface area contributed by atoms with Crippen molar-refractivity contribution >= 4 is 23.8 Å². The molecule has 1 aromatic rings. The summed E-state index contributed by atoms with van der Waals surface area (Å²) >= 11 is 1.07. The predicted octanol–water partition coefficient (Wildman–Crippen LogP) is 4.57. The highest BCUT2D eigenvalue weighted by molar-refractivity contribution is 7.98. The Bertz CT molecular complexity index is 664. The third kappa shape index (κ3) is 3.77. The van der Waals surface area contributed by atoms with Crippen LogP contribution in [0.5, 0.6) is 0 Å². The number of ether oxygens (including phenoxy) is 1. The van der Waals surface area contributed by atoms with E-state index in [2.05, 4.69) is 0 Å². The maximum absolute atomic E-state index is 12.8. The third-order valence-corrected chi connectivity index (χ3v) is 4.37. The van der Waals surface area contributed by atoms with Crippen LogP contribution < -0.4 is 0 Å². The second-order valence-electron chi connectivity index (χ2n) is 5.14. The smallest absolute Gasteiger partial charge is 0.416 e. The number of Topliss-reactive ketones (excluding diaryl/α,β-unsaturated/α-hetero) is 1. The molecule has 1 fully saturated rings. The van der Waals surface area contributed by atoms with Gasteiger partial charge in [0, 0.05) is 22.6 Å². The molecule has 0 aliphatic heterocycles. The maximum Gasteiger partial charge on any atom is 0.416 e. The van der Waals surface area contributed by atoms with Crippen molar-refractivity contribution < 1.29 is 22.7 Å². The zero-order chi connectivity index (χ0) is 17.2. The van der Waals surface area contributed by atoms with Crippen LogP contribution >= 0.6 is 11.8 Å². The Morgan fingerprint density at radius 1 is 1.39 bits per heavy atom. The summed E-state index contributed by atoms with van der Waals surface area (Å²) in [7, 11) is 1.44. The van der Waals surface area contributed by atoms with Gasteiger partial charge in [-0.15, -0.1) is 11.8 Å². The Hall–Kier alpha value is -1.76. The number of allylic oxidation sites excluding steroid dienone is 2. The zero-order valence-corrected chi connectivity index (χ0v) is 13.5. The molecule has 0 atom stereocenters. The van der Waals surface area contributed by atoms with Gasteiger partial charge in [-0.3, -0.25) is 4.79 Å². The fourth-order valence-corrected chi connectivity index (χ4v) is 2.92. The van der Waals surface area contributed by atoms with Gasteiger partial charge >= 0.3 is 6.18 Å². The highest BCUT2D eigenvalue weighted by Gasteiger charge is 2.34. The number of thioether (sulfide) groups is 1. The average Bonchev–Trinajstić information content (AvgIpc) is 3.34. The molecule has 1 saturated carbocycles. The fraction of sp³-hybridized carbons (Fsp3) is 0.375. The van der Waals surface area contributed by atoms with Crippen LogP contribution in [0, 0.1) is 11.3 Å². The topological polar surface area (TPSA) is 50.1 Å². The van der Waals surface area contributed by atoms with E-state index < -0.39 is 17.5 Å². The number of hydrogen-bond acceptors (Lipinski definition) is 4. The van der Waals surface area contributed by atoms with E-state index in [4.69, 9.17) is 10.1 Å². The molecule has 2 rings (SSSR count). The van der Waals surface area contributed by atoms with Gasteiger partial charge in [-0.25, -0.2) is 0 Å². The molecule has 3 nitrogen and oxygen atoms in total. The number of nitrogens with one attached hydrogen (secondary N) is 1. The Balaban J connectivity index is 2.48. The number of rotatable bonds is 6. The monoisotopic (exact) mass is 343 g/mol. The molecule has 23 heavy (non-hydrogen) atoms. The number of carbonyl (C=O) groups excluding carboxylic acids is 1. The third-order valence-electron chi connectivity index (χ3n) is 3.60. The minimum atomic E-state index is -4.46. The SMILES string of the molecule is CO/C(=C(\C=N)C(=O)c1ccc(C(F)(F)F)cc1SC)C1CC1. The molecule has 0 amide bonds. The molecule has 0 saturated heterocycles. The lowest BCUT2D eigenvalue weighted by Crippen LogP contribution is -2.12. The number of methoxy groups -OCH3 is 1.